The quantitative estimate of drug-likeness (QED) is 0.752. The first kappa shape index (κ1) is 14.7. The third-order valence-corrected chi connectivity index (χ3v) is 3.10. The smallest absolute Gasteiger partial charge is 0.0916 e. The van der Waals surface area contributed by atoms with Gasteiger partial charge in [0.05, 0.1) is 12.2 Å². The number of nitrogens with zero attached hydrogens (tertiary/aromatic N) is 2. The summed E-state index contributed by atoms with van der Waals surface area (Å²) >= 11 is 0. The lowest BCUT2D eigenvalue weighted by Gasteiger charge is -2.23. The molecule has 18 heavy (non-hydrogen) atoms. The lowest BCUT2D eigenvalue weighted by atomic mass is 10.1. The van der Waals surface area contributed by atoms with Crippen molar-refractivity contribution in [2.45, 2.75) is 32.8 Å². The zero-order valence-corrected chi connectivity index (χ0v) is 11.3. The van der Waals surface area contributed by atoms with Crippen molar-refractivity contribution in [2.75, 3.05) is 19.6 Å². The van der Waals surface area contributed by atoms with Crippen LogP contribution in [0.5, 0.6) is 0 Å². The number of benzene rings is 1. The largest absolute Gasteiger partial charge is 0.387 e. The summed E-state index contributed by atoms with van der Waals surface area (Å²) in [4.78, 5) is 2.18. The fraction of sp³-hybridized carbons (Fsp3) is 0.533. The molecule has 1 rings (SSSR count). The SMILES string of the molecule is CCN(CCCC#N)C[C@H](O)c1ccc(C)cc1. The lowest BCUT2D eigenvalue weighted by molar-refractivity contribution is 0.115. The van der Waals surface area contributed by atoms with Crippen LogP contribution in [0.3, 0.4) is 0 Å². The molecule has 3 nitrogen and oxygen atoms in total. The Kier molecular flexibility index (Phi) is 6.42. The molecule has 0 aliphatic heterocycles. The topological polar surface area (TPSA) is 47.3 Å². The van der Waals surface area contributed by atoms with Crippen LogP contribution in [0.2, 0.25) is 0 Å². The number of hydrogen-bond donors (Lipinski definition) is 1. The number of aryl methyl sites for hydroxylation is 1. The van der Waals surface area contributed by atoms with Crippen LogP contribution in [-0.4, -0.2) is 29.6 Å². The fourth-order valence-corrected chi connectivity index (χ4v) is 1.90. The summed E-state index contributed by atoms with van der Waals surface area (Å²) in [5.41, 5.74) is 2.16. The van der Waals surface area contributed by atoms with E-state index in [9.17, 15) is 5.11 Å². The molecule has 1 aromatic carbocycles. The van der Waals surface area contributed by atoms with Gasteiger partial charge in [0.1, 0.15) is 0 Å². The predicted octanol–water partition coefficient (Wildman–Crippen LogP) is 2.65. The Balaban J connectivity index is 2.48. The minimum Gasteiger partial charge on any atom is -0.387 e. The number of likely N-dealkylation sites (N-methyl/N-ethyl adjacent to an activating group) is 1. The van der Waals surface area contributed by atoms with E-state index in [1.54, 1.807) is 0 Å². The van der Waals surface area contributed by atoms with E-state index in [-0.39, 0.29) is 0 Å². The summed E-state index contributed by atoms with van der Waals surface area (Å²) in [7, 11) is 0. The second-order valence-electron chi connectivity index (χ2n) is 4.58. The third kappa shape index (κ3) is 4.87. The fourth-order valence-electron chi connectivity index (χ4n) is 1.90. The van der Waals surface area contributed by atoms with Gasteiger partial charge in [-0.05, 0) is 32.0 Å². The number of nitriles is 1. The Bertz CT molecular complexity index is 380. The van der Waals surface area contributed by atoms with Crippen molar-refractivity contribution in [2.24, 2.45) is 0 Å². The highest BCUT2D eigenvalue weighted by Gasteiger charge is 2.11. The van der Waals surface area contributed by atoms with Crippen LogP contribution in [0.4, 0.5) is 0 Å². The van der Waals surface area contributed by atoms with E-state index in [1.807, 2.05) is 31.2 Å². The molecule has 0 aliphatic rings. The molecular formula is C15H22N2O. The highest BCUT2D eigenvalue weighted by atomic mass is 16.3. The van der Waals surface area contributed by atoms with Gasteiger partial charge in [-0.25, -0.2) is 0 Å². The Morgan fingerprint density at radius 3 is 2.56 bits per heavy atom. The molecular weight excluding hydrogens is 224 g/mol. The first-order valence-corrected chi connectivity index (χ1v) is 6.51. The minimum atomic E-state index is -0.451. The summed E-state index contributed by atoms with van der Waals surface area (Å²) in [6.07, 6.45) is 0.995. The van der Waals surface area contributed by atoms with Gasteiger partial charge < -0.3 is 10.0 Å². The molecule has 0 saturated heterocycles. The van der Waals surface area contributed by atoms with Gasteiger partial charge in [-0.3, -0.25) is 0 Å². The molecule has 0 aliphatic carbocycles. The monoisotopic (exact) mass is 246 g/mol. The first-order chi connectivity index (χ1) is 8.67. The maximum atomic E-state index is 10.2. The van der Waals surface area contributed by atoms with Gasteiger partial charge >= 0.3 is 0 Å². The van der Waals surface area contributed by atoms with E-state index >= 15 is 0 Å². The van der Waals surface area contributed by atoms with Crippen LogP contribution in [0.15, 0.2) is 24.3 Å². The molecule has 1 atom stereocenters. The molecule has 0 unspecified atom stereocenters. The zero-order valence-electron chi connectivity index (χ0n) is 11.3. The van der Waals surface area contributed by atoms with Crippen LogP contribution < -0.4 is 0 Å². The molecule has 0 heterocycles. The average molecular weight is 246 g/mol. The second-order valence-corrected chi connectivity index (χ2v) is 4.58. The van der Waals surface area contributed by atoms with E-state index in [2.05, 4.69) is 17.9 Å². The Hall–Kier alpha value is -1.37. The first-order valence-electron chi connectivity index (χ1n) is 6.51. The summed E-state index contributed by atoms with van der Waals surface area (Å²) in [6.45, 7) is 6.51. The van der Waals surface area contributed by atoms with Gasteiger partial charge in [0.25, 0.3) is 0 Å². The van der Waals surface area contributed by atoms with Crippen LogP contribution in [0, 0.1) is 18.3 Å². The molecule has 1 N–H and O–H groups in total. The molecule has 0 fully saturated rings. The van der Waals surface area contributed by atoms with Crippen molar-refractivity contribution < 1.29 is 5.11 Å². The molecule has 0 bridgehead atoms. The van der Waals surface area contributed by atoms with Crippen LogP contribution >= 0.6 is 0 Å². The number of rotatable bonds is 7. The van der Waals surface area contributed by atoms with Crippen LogP contribution in [-0.2, 0) is 0 Å². The van der Waals surface area contributed by atoms with Crippen molar-refractivity contribution in [3.05, 3.63) is 35.4 Å². The van der Waals surface area contributed by atoms with E-state index in [0.29, 0.717) is 13.0 Å². The van der Waals surface area contributed by atoms with Crippen molar-refractivity contribution in [1.29, 1.82) is 5.26 Å². The van der Waals surface area contributed by atoms with Crippen molar-refractivity contribution >= 4 is 0 Å². The van der Waals surface area contributed by atoms with Crippen LogP contribution in [0.1, 0.15) is 37.0 Å². The normalized spacial score (nSPS) is 12.4. The van der Waals surface area contributed by atoms with Crippen molar-refractivity contribution in [3.8, 4) is 6.07 Å². The van der Waals surface area contributed by atoms with Gasteiger partial charge in [-0.1, -0.05) is 36.8 Å². The number of hydrogen-bond acceptors (Lipinski definition) is 3. The third-order valence-electron chi connectivity index (χ3n) is 3.10. The zero-order chi connectivity index (χ0) is 13.4. The summed E-state index contributed by atoms with van der Waals surface area (Å²) < 4.78 is 0. The van der Waals surface area contributed by atoms with E-state index < -0.39 is 6.10 Å². The van der Waals surface area contributed by atoms with Gasteiger partial charge in [0.2, 0.25) is 0 Å². The second kappa shape index (κ2) is 7.86. The molecule has 3 heteroatoms. The Morgan fingerprint density at radius 2 is 2.00 bits per heavy atom. The highest BCUT2D eigenvalue weighted by Crippen LogP contribution is 2.15. The van der Waals surface area contributed by atoms with E-state index in [1.165, 1.54) is 5.56 Å². The molecule has 0 aromatic heterocycles. The Labute approximate surface area is 110 Å². The number of aliphatic hydroxyl groups excluding tert-OH is 1. The summed E-state index contributed by atoms with van der Waals surface area (Å²) in [5.74, 6) is 0. The Morgan fingerprint density at radius 1 is 1.33 bits per heavy atom. The lowest BCUT2D eigenvalue weighted by Crippen LogP contribution is -2.29. The van der Waals surface area contributed by atoms with E-state index in [4.69, 9.17) is 5.26 Å². The van der Waals surface area contributed by atoms with Gasteiger partial charge in [-0.15, -0.1) is 0 Å². The minimum absolute atomic E-state index is 0.451. The average Bonchev–Trinajstić information content (AvgIpc) is 2.38. The standard InChI is InChI=1S/C15H22N2O/c1-3-17(11-5-4-10-16)12-15(18)14-8-6-13(2)7-9-14/h6-9,15,18H,3-5,11-12H2,1-2H3/t15-/m0/s1. The maximum Gasteiger partial charge on any atom is 0.0916 e. The van der Waals surface area contributed by atoms with Crippen molar-refractivity contribution in [1.82, 2.24) is 4.90 Å². The molecule has 0 spiro atoms. The molecule has 1 aromatic rings. The number of unbranched alkanes of at least 4 members (excludes halogenated alkanes) is 1. The molecule has 98 valence electrons. The van der Waals surface area contributed by atoms with E-state index in [0.717, 1.165) is 25.1 Å². The number of aliphatic hydroxyl groups is 1. The van der Waals surface area contributed by atoms with Gasteiger partial charge in [0.15, 0.2) is 0 Å². The highest BCUT2D eigenvalue weighted by molar-refractivity contribution is 5.23. The van der Waals surface area contributed by atoms with Crippen LogP contribution in [0.25, 0.3) is 0 Å². The summed E-state index contributed by atoms with van der Waals surface area (Å²) in [6, 6.07) is 10.1. The van der Waals surface area contributed by atoms with Gasteiger partial charge in [0, 0.05) is 13.0 Å². The maximum absolute atomic E-state index is 10.2. The van der Waals surface area contributed by atoms with Gasteiger partial charge in [-0.2, -0.15) is 5.26 Å². The predicted molar refractivity (Wildman–Crippen MR) is 73.1 cm³/mol. The van der Waals surface area contributed by atoms with Crippen molar-refractivity contribution in [3.63, 3.8) is 0 Å². The summed E-state index contributed by atoms with van der Waals surface area (Å²) in [5, 5.41) is 18.7. The molecule has 0 radical (unpaired) electrons. The molecule has 0 amide bonds. The molecule has 0 saturated carbocycles.